The van der Waals surface area contributed by atoms with E-state index in [1.54, 1.807) is 13.0 Å². The molecule has 2 rings (SSSR count). The lowest BCUT2D eigenvalue weighted by Crippen LogP contribution is -2.35. The number of benzene rings is 1. The summed E-state index contributed by atoms with van der Waals surface area (Å²) in [5.74, 6) is -0.520. The van der Waals surface area contributed by atoms with Gasteiger partial charge in [0.1, 0.15) is 0 Å². The number of nitrogens with one attached hydrogen (secondary N) is 2. The number of carbonyl (C=O) groups is 2. The van der Waals surface area contributed by atoms with Crippen LogP contribution in [-0.2, 0) is 4.74 Å². The molecule has 0 aliphatic carbocycles. The Bertz CT molecular complexity index is 524. The topological polar surface area (TPSA) is 87.7 Å². The van der Waals surface area contributed by atoms with Crippen molar-refractivity contribution in [2.24, 2.45) is 5.92 Å². The van der Waals surface area contributed by atoms with Gasteiger partial charge in [0.2, 0.25) is 0 Å². The van der Waals surface area contributed by atoms with E-state index in [2.05, 4.69) is 10.6 Å². The fraction of sp³-hybridized carbons (Fsp3) is 0.467. The average Bonchev–Trinajstić information content (AvgIpc) is 2.48. The summed E-state index contributed by atoms with van der Waals surface area (Å²) in [5.41, 5.74) is 1.54. The second-order valence-electron chi connectivity index (χ2n) is 5.23. The molecular weight excluding hydrogens is 272 g/mol. The second-order valence-corrected chi connectivity index (χ2v) is 5.23. The summed E-state index contributed by atoms with van der Waals surface area (Å²) in [7, 11) is 0. The Morgan fingerprint density at radius 3 is 2.67 bits per heavy atom. The SMILES string of the molecule is Cc1cc(C(=O)O)ccc1NC(=O)NCC1CCOCC1. The van der Waals surface area contributed by atoms with Gasteiger partial charge in [-0.1, -0.05) is 0 Å². The highest BCUT2D eigenvalue weighted by atomic mass is 16.5. The van der Waals surface area contributed by atoms with Crippen molar-refractivity contribution in [2.75, 3.05) is 25.1 Å². The quantitative estimate of drug-likeness (QED) is 0.794. The number of carboxylic acids is 1. The summed E-state index contributed by atoms with van der Waals surface area (Å²) in [6.07, 6.45) is 1.93. The van der Waals surface area contributed by atoms with Crippen LogP contribution in [0.4, 0.5) is 10.5 Å². The van der Waals surface area contributed by atoms with Crippen LogP contribution in [0.5, 0.6) is 0 Å². The molecule has 6 nitrogen and oxygen atoms in total. The van der Waals surface area contributed by atoms with Gasteiger partial charge < -0.3 is 20.5 Å². The van der Waals surface area contributed by atoms with Crippen LogP contribution < -0.4 is 10.6 Å². The molecule has 6 heteroatoms. The van der Waals surface area contributed by atoms with Crippen LogP contribution in [0.1, 0.15) is 28.8 Å². The van der Waals surface area contributed by atoms with Crippen LogP contribution in [0.3, 0.4) is 0 Å². The summed E-state index contributed by atoms with van der Waals surface area (Å²) >= 11 is 0. The predicted molar refractivity (Wildman–Crippen MR) is 78.7 cm³/mol. The van der Waals surface area contributed by atoms with Gasteiger partial charge in [0.15, 0.2) is 0 Å². The largest absolute Gasteiger partial charge is 0.478 e. The summed E-state index contributed by atoms with van der Waals surface area (Å²) in [4.78, 5) is 22.7. The smallest absolute Gasteiger partial charge is 0.335 e. The zero-order valence-electron chi connectivity index (χ0n) is 12.0. The maximum atomic E-state index is 11.9. The van der Waals surface area contributed by atoms with Gasteiger partial charge in [-0.15, -0.1) is 0 Å². The first-order valence-corrected chi connectivity index (χ1v) is 7.03. The third-order valence-electron chi connectivity index (χ3n) is 3.61. The number of hydrogen-bond acceptors (Lipinski definition) is 3. The van der Waals surface area contributed by atoms with Gasteiger partial charge in [-0.05, 0) is 49.4 Å². The van der Waals surface area contributed by atoms with Crippen molar-refractivity contribution >= 4 is 17.7 Å². The van der Waals surface area contributed by atoms with Gasteiger partial charge in [-0.25, -0.2) is 9.59 Å². The zero-order valence-corrected chi connectivity index (χ0v) is 12.0. The maximum Gasteiger partial charge on any atom is 0.335 e. The fourth-order valence-electron chi connectivity index (χ4n) is 2.29. The number of aromatic carboxylic acids is 1. The lowest BCUT2D eigenvalue weighted by Gasteiger charge is -2.22. The predicted octanol–water partition coefficient (Wildman–Crippen LogP) is 2.24. The van der Waals surface area contributed by atoms with E-state index in [0.29, 0.717) is 18.2 Å². The van der Waals surface area contributed by atoms with Crippen molar-refractivity contribution in [1.82, 2.24) is 5.32 Å². The summed E-state index contributed by atoms with van der Waals surface area (Å²) in [5, 5.41) is 14.5. The van der Waals surface area contributed by atoms with E-state index in [1.165, 1.54) is 12.1 Å². The van der Waals surface area contributed by atoms with Gasteiger partial charge in [0.05, 0.1) is 5.56 Å². The molecular formula is C15H20N2O4. The molecule has 0 bridgehead atoms. The number of urea groups is 1. The minimum Gasteiger partial charge on any atom is -0.478 e. The lowest BCUT2D eigenvalue weighted by molar-refractivity contribution is 0.0670. The van der Waals surface area contributed by atoms with Gasteiger partial charge in [-0.3, -0.25) is 0 Å². The van der Waals surface area contributed by atoms with Crippen LogP contribution in [0.25, 0.3) is 0 Å². The zero-order chi connectivity index (χ0) is 15.2. The molecule has 1 heterocycles. The molecule has 1 aromatic carbocycles. The van der Waals surface area contributed by atoms with Crippen molar-refractivity contribution in [3.05, 3.63) is 29.3 Å². The highest BCUT2D eigenvalue weighted by Crippen LogP contribution is 2.17. The third-order valence-corrected chi connectivity index (χ3v) is 3.61. The molecule has 0 aromatic heterocycles. The number of carbonyl (C=O) groups excluding carboxylic acids is 1. The van der Waals surface area contributed by atoms with Crippen LogP contribution in [-0.4, -0.2) is 36.9 Å². The molecule has 114 valence electrons. The van der Waals surface area contributed by atoms with Crippen LogP contribution in [0, 0.1) is 12.8 Å². The summed E-state index contributed by atoms with van der Waals surface area (Å²) in [6.45, 7) is 3.90. The molecule has 1 saturated heterocycles. The average molecular weight is 292 g/mol. The Kier molecular flexibility index (Phi) is 5.16. The molecule has 0 unspecified atom stereocenters. The monoisotopic (exact) mass is 292 g/mol. The highest BCUT2D eigenvalue weighted by Gasteiger charge is 2.15. The Morgan fingerprint density at radius 1 is 1.33 bits per heavy atom. The first-order valence-electron chi connectivity index (χ1n) is 7.03. The highest BCUT2D eigenvalue weighted by molar-refractivity contribution is 5.92. The van der Waals surface area contributed by atoms with Gasteiger partial charge >= 0.3 is 12.0 Å². The van der Waals surface area contributed by atoms with Gasteiger partial charge in [-0.2, -0.15) is 0 Å². The Balaban J connectivity index is 1.85. The molecule has 0 radical (unpaired) electrons. The van der Waals surface area contributed by atoms with Crippen LogP contribution in [0.15, 0.2) is 18.2 Å². The minimum absolute atomic E-state index is 0.209. The number of aryl methyl sites for hydroxylation is 1. The second kappa shape index (κ2) is 7.08. The molecule has 2 amide bonds. The number of ether oxygens (including phenoxy) is 1. The van der Waals surface area contributed by atoms with E-state index in [4.69, 9.17) is 9.84 Å². The molecule has 1 aliphatic heterocycles. The van der Waals surface area contributed by atoms with Crippen LogP contribution >= 0.6 is 0 Å². The van der Waals surface area contributed by atoms with E-state index in [9.17, 15) is 9.59 Å². The van der Waals surface area contributed by atoms with Crippen molar-refractivity contribution in [2.45, 2.75) is 19.8 Å². The first kappa shape index (κ1) is 15.3. The molecule has 21 heavy (non-hydrogen) atoms. The maximum absolute atomic E-state index is 11.9. The van der Waals surface area contributed by atoms with Gasteiger partial charge in [0.25, 0.3) is 0 Å². The number of amides is 2. The molecule has 3 N–H and O–H groups in total. The fourth-order valence-corrected chi connectivity index (χ4v) is 2.29. The van der Waals surface area contributed by atoms with Gasteiger partial charge in [0, 0.05) is 25.4 Å². The Morgan fingerprint density at radius 2 is 2.05 bits per heavy atom. The normalized spacial score (nSPS) is 15.5. The summed E-state index contributed by atoms with van der Waals surface area (Å²) < 4.78 is 5.27. The van der Waals surface area contributed by atoms with E-state index < -0.39 is 5.97 Å². The number of anilines is 1. The Labute approximate surface area is 123 Å². The minimum atomic E-state index is -0.978. The van der Waals surface area contributed by atoms with Crippen molar-refractivity contribution in [3.63, 3.8) is 0 Å². The number of carboxylic acid groups (broad SMARTS) is 1. The molecule has 0 spiro atoms. The van der Waals surface area contributed by atoms with Crippen LogP contribution in [0.2, 0.25) is 0 Å². The van der Waals surface area contributed by atoms with Crippen molar-refractivity contribution in [1.29, 1.82) is 0 Å². The molecule has 1 aromatic rings. The standard InChI is InChI=1S/C15H20N2O4/c1-10-8-12(14(18)19)2-3-13(10)17-15(20)16-9-11-4-6-21-7-5-11/h2-3,8,11H,4-7,9H2,1H3,(H,18,19)(H2,16,17,20). The van der Waals surface area contributed by atoms with Crippen molar-refractivity contribution < 1.29 is 19.4 Å². The Hall–Kier alpha value is -2.08. The number of rotatable bonds is 4. The van der Waals surface area contributed by atoms with Crippen molar-refractivity contribution in [3.8, 4) is 0 Å². The van der Waals surface area contributed by atoms with E-state index in [-0.39, 0.29) is 11.6 Å². The molecule has 1 fully saturated rings. The third kappa shape index (κ3) is 4.46. The van der Waals surface area contributed by atoms with E-state index in [1.807, 2.05) is 0 Å². The molecule has 1 aliphatic rings. The molecule has 0 atom stereocenters. The van der Waals surface area contributed by atoms with E-state index in [0.717, 1.165) is 31.6 Å². The summed E-state index contributed by atoms with van der Waals surface area (Å²) in [6, 6.07) is 4.35. The molecule has 0 saturated carbocycles. The first-order chi connectivity index (χ1) is 10.1. The lowest BCUT2D eigenvalue weighted by atomic mass is 10.0. The number of hydrogen-bond donors (Lipinski definition) is 3. The van der Waals surface area contributed by atoms with E-state index >= 15 is 0 Å².